The second kappa shape index (κ2) is 9.25. The van der Waals surface area contributed by atoms with Crippen LogP contribution >= 0.6 is 0 Å². The SMILES string of the molecule is CC1=C(C(=O)On2nnc3ccccc32)[C@H](c2cccc([N+](=O)[O-])c2)C(C(=O)OC(C)(C)C)=C(C)N1. The first-order valence-corrected chi connectivity index (χ1v) is 11.2. The fourth-order valence-corrected chi connectivity index (χ4v) is 4.06. The number of fused-ring (bicyclic) bond motifs is 1. The van der Waals surface area contributed by atoms with E-state index in [0.717, 1.165) is 4.85 Å². The van der Waals surface area contributed by atoms with Gasteiger partial charge in [0.2, 0.25) is 0 Å². The van der Waals surface area contributed by atoms with Crippen LogP contribution in [0.15, 0.2) is 71.1 Å². The Labute approximate surface area is 206 Å². The third-order valence-electron chi connectivity index (χ3n) is 5.50. The summed E-state index contributed by atoms with van der Waals surface area (Å²) in [7, 11) is 0. The number of para-hydroxylation sites is 1. The molecule has 11 nitrogen and oxygen atoms in total. The van der Waals surface area contributed by atoms with Gasteiger partial charge < -0.3 is 14.9 Å². The molecule has 0 unspecified atom stereocenters. The number of aromatic nitrogens is 3. The second-order valence-corrected chi connectivity index (χ2v) is 9.32. The van der Waals surface area contributed by atoms with Gasteiger partial charge in [-0.2, -0.15) is 0 Å². The van der Waals surface area contributed by atoms with Gasteiger partial charge in [0.25, 0.3) is 5.69 Å². The quantitative estimate of drug-likeness (QED) is 0.246. The Morgan fingerprint density at radius 3 is 2.36 bits per heavy atom. The van der Waals surface area contributed by atoms with Crippen molar-refractivity contribution < 1.29 is 24.1 Å². The summed E-state index contributed by atoms with van der Waals surface area (Å²) in [4.78, 5) is 44.4. The first kappa shape index (κ1) is 24.6. The van der Waals surface area contributed by atoms with Crippen molar-refractivity contribution in [3.05, 3.63) is 86.7 Å². The lowest BCUT2D eigenvalue weighted by Gasteiger charge is -2.31. The van der Waals surface area contributed by atoms with Crippen LogP contribution < -0.4 is 10.2 Å². The molecule has 186 valence electrons. The number of hydrogen-bond donors (Lipinski definition) is 1. The maximum atomic E-state index is 13.6. The van der Waals surface area contributed by atoms with Crippen molar-refractivity contribution in [2.24, 2.45) is 0 Å². The molecule has 0 bridgehead atoms. The molecule has 0 fully saturated rings. The second-order valence-electron chi connectivity index (χ2n) is 9.32. The molecule has 2 heterocycles. The number of non-ortho nitro benzene ring substituents is 1. The molecule has 0 amide bonds. The van der Waals surface area contributed by atoms with Crippen molar-refractivity contribution in [1.29, 1.82) is 0 Å². The summed E-state index contributed by atoms with van der Waals surface area (Å²) in [5.41, 5.74) is 1.48. The fraction of sp³-hybridized carbons (Fsp3) is 0.280. The van der Waals surface area contributed by atoms with Gasteiger partial charge in [-0.25, -0.2) is 9.59 Å². The average molecular weight is 492 g/mol. The minimum absolute atomic E-state index is 0.0848. The number of carbonyl (C=O) groups excluding carboxylic acids is 2. The number of hydrogen-bond acceptors (Lipinski definition) is 9. The lowest BCUT2D eigenvalue weighted by molar-refractivity contribution is -0.384. The first-order chi connectivity index (χ1) is 17.0. The monoisotopic (exact) mass is 491 g/mol. The van der Waals surface area contributed by atoms with Crippen LogP contribution in [-0.4, -0.2) is 37.6 Å². The van der Waals surface area contributed by atoms with Crippen molar-refractivity contribution in [2.75, 3.05) is 0 Å². The highest BCUT2D eigenvalue weighted by atomic mass is 16.7. The van der Waals surface area contributed by atoms with Crippen LogP contribution in [0.2, 0.25) is 0 Å². The lowest BCUT2D eigenvalue weighted by atomic mass is 9.80. The highest BCUT2D eigenvalue weighted by Gasteiger charge is 2.40. The summed E-state index contributed by atoms with van der Waals surface area (Å²) in [6, 6.07) is 12.7. The number of benzene rings is 2. The minimum Gasteiger partial charge on any atom is -0.457 e. The van der Waals surface area contributed by atoms with E-state index in [1.54, 1.807) is 65.0 Å². The fourth-order valence-electron chi connectivity index (χ4n) is 4.06. The van der Waals surface area contributed by atoms with Gasteiger partial charge in [-0.3, -0.25) is 10.1 Å². The topological polar surface area (TPSA) is 138 Å². The maximum Gasteiger partial charge on any atom is 0.364 e. The zero-order valence-corrected chi connectivity index (χ0v) is 20.4. The molecule has 1 aliphatic heterocycles. The predicted molar refractivity (Wildman–Crippen MR) is 129 cm³/mol. The summed E-state index contributed by atoms with van der Waals surface area (Å²) in [5, 5.41) is 22.4. The third-order valence-corrected chi connectivity index (χ3v) is 5.50. The molecular weight excluding hydrogens is 466 g/mol. The van der Waals surface area contributed by atoms with E-state index in [9.17, 15) is 19.7 Å². The maximum absolute atomic E-state index is 13.6. The molecule has 36 heavy (non-hydrogen) atoms. The molecule has 11 heteroatoms. The summed E-state index contributed by atoms with van der Waals surface area (Å²) >= 11 is 0. The van der Waals surface area contributed by atoms with Crippen molar-refractivity contribution in [2.45, 2.75) is 46.1 Å². The Hall–Kier alpha value is -4.54. The zero-order chi connectivity index (χ0) is 26.2. The van der Waals surface area contributed by atoms with Crippen LogP contribution in [-0.2, 0) is 14.3 Å². The van der Waals surface area contributed by atoms with E-state index in [0.29, 0.717) is 28.0 Å². The molecular formula is C25H25N5O6. The number of carbonyl (C=O) groups is 2. The van der Waals surface area contributed by atoms with E-state index < -0.39 is 28.4 Å². The van der Waals surface area contributed by atoms with Gasteiger partial charge in [-0.15, -0.1) is 5.10 Å². The van der Waals surface area contributed by atoms with Crippen LogP contribution in [0.4, 0.5) is 5.69 Å². The molecule has 1 atom stereocenters. The van der Waals surface area contributed by atoms with Gasteiger partial charge in [0.1, 0.15) is 16.6 Å². The van der Waals surface area contributed by atoms with Crippen molar-refractivity contribution in [3.63, 3.8) is 0 Å². The first-order valence-electron chi connectivity index (χ1n) is 11.2. The van der Waals surface area contributed by atoms with E-state index in [-0.39, 0.29) is 16.8 Å². The Balaban J connectivity index is 1.83. The van der Waals surface area contributed by atoms with Crippen molar-refractivity contribution in [3.8, 4) is 0 Å². The molecule has 2 aromatic carbocycles. The van der Waals surface area contributed by atoms with Gasteiger partial charge in [-0.05, 0) is 57.5 Å². The van der Waals surface area contributed by atoms with Gasteiger partial charge in [-0.1, -0.05) is 29.1 Å². The molecule has 1 N–H and O–H groups in total. The van der Waals surface area contributed by atoms with Gasteiger partial charge in [0, 0.05) is 23.5 Å². The summed E-state index contributed by atoms with van der Waals surface area (Å²) in [6.45, 7) is 8.53. The van der Waals surface area contributed by atoms with E-state index in [1.165, 1.54) is 18.2 Å². The number of ether oxygens (including phenoxy) is 1. The number of nitrogens with zero attached hydrogens (tertiary/aromatic N) is 4. The number of nitrogens with one attached hydrogen (secondary N) is 1. The summed E-state index contributed by atoms with van der Waals surface area (Å²) in [6.07, 6.45) is 0. The minimum atomic E-state index is -0.997. The van der Waals surface area contributed by atoms with E-state index in [4.69, 9.17) is 9.57 Å². The van der Waals surface area contributed by atoms with E-state index in [1.807, 2.05) is 0 Å². The molecule has 0 aliphatic carbocycles. The number of esters is 1. The lowest BCUT2D eigenvalue weighted by Crippen LogP contribution is -2.36. The number of dihydropyridines is 1. The van der Waals surface area contributed by atoms with Crippen LogP contribution in [0.3, 0.4) is 0 Å². The molecule has 0 spiro atoms. The summed E-state index contributed by atoms with van der Waals surface area (Å²) < 4.78 is 5.63. The Bertz CT molecular complexity index is 1450. The molecule has 0 radical (unpaired) electrons. The molecule has 1 aliphatic rings. The molecule has 1 aromatic heterocycles. The normalized spacial score (nSPS) is 16.1. The van der Waals surface area contributed by atoms with Crippen LogP contribution in [0.25, 0.3) is 11.0 Å². The number of nitro groups is 1. The van der Waals surface area contributed by atoms with Crippen LogP contribution in [0.1, 0.15) is 46.1 Å². The highest BCUT2D eigenvalue weighted by Crippen LogP contribution is 2.40. The highest BCUT2D eigenvalue weighted by molar-refractivity contribution is 6.00. The number of nitro benzene ring substituents is 1. The smallest absolute Gasteiger partial charge is 0.364 e. The zero-order valence-electron chi connectivity index (χ0n) is 20.4. The van der Waals surface area contributed by atoms with E-state index in [2.05, 4.69) is 15.6 Å². The Morgan fingerprint density at radius 1 is 1.03 bits per heavy atom. The Kier molecular flexibility index (Phi) is 6.32. The molecule has 0 saturated carbocycles. The summed E-state index contributed by atoms with van der Waals surface area (Å²) in [5.74, 6) is -2.46. The number of allylic oxidation sites excluding steroid dienone is 2. The average Bonchev–Trinajstić information content (AvgIpc) is 3.20. The van der Waals surface area contributed by atoms with Crippen LogP contribution in [0, 0.1) is 10.1 Å². The molecule has 3 aromatic rings. The van der Waals surface area contributed by atoms with Gasteiger partial charge in [0.15, 0.2) is 0 Å². The van der Waals surface area contributed by atoms with Crippen LogP contribution in [0.5, 0.6) is 0 Å². The molecule has 4 rings (SSSR count). The van der Waals surface area contributed by atoms with Gasteiger partial charge >= 0.3 is 11.9 Å². The van der Waals surface area contributed by atoms with Crippen molar-refractivity contribution >= 4 is 28.7 Å². The standard InChI is InChI=1S/C25H25N5O6/c1-14-20(23(31)35-25(3,4)5)22(16-9-8-10-17(13-16)30(33)34)21(15(2)26-14)24(32)36-29-19-12-7-6-11-18(19)27-28-29/h6-13,22,26H,1-5H3/t22-/m1/s1. The number of rotatable bonds is 5. The van der Waals surface area contributed by atoms with Crippen molar-refractivity contribution in [1.82, 2.24) is 20.5 Å². The predicted octanol–water partition coefficient (Wildman–Crippen LogP) is 3.57. The third kappa shape index (κ3) is 4.81. The Morgan fingerprint density at radius 2 is 1.69 bits per heavy atom. The van der Waals surface area contributed by atoms with E-state index >= 15 is 0 Å². The molecule has 0 saturated heterocycles. The van der Waals surface area contributed by atoms with Gasteiger partial charge in [0.05, 0.1) is 22.0 Å². The largest absolute Gasteiger partial charge is 0.457 e.